The number of fused-ring (bicyclic) bond motifs is 1. The van der Waals surface area contributed by atoms with Gasteiger partial charge in [0.25, 0.3) is 5.91 Å². The first-order valence-electron chi connectivity index (χ1n) is 7.53. The van der Waals surface area contributed by atoms with Crippen molar-refractivity contribution in [1.29, 1.82) is 0 Å². The van der Waals surface area contributed by atoms with Gasteiger partial charge >= 0.3 is 0 Å². The molecule has 118 valence electrons. The molecule has 0 saturated heterocycles. The monoisotopic (exact) mass is 334 g/mol. The number of carbonyl (C=O) groups excluding carboxylic acids is 1. The Morgan fingerprint density at radius 3 is 2.54 bits per heavy atom. The van der Waals surface area contributed by atoms with E-state index >= 15 is 0 Å². The zero-order valence-corrected chi connectivity index (χ0v) is 13.5. The van der Waals surface area contributed by atoms with Crippen LogP contribution >= 0.6 is 11.3 Å². The number of benzene rings is 2. The highest BCUT2D eigenvalue weighted by atomic mass is 32.1. The van der Waals surface area contributed by atoms with Crippen molar-refractivity contribution in [3.63, 3.8) is 0 Å². The number of para-hydroxylation sites is 1. The summed E-state index contributed by atoms with van der Waals surface area (Å²) < 4.78 is 0. The van der Waals surface area contributed by atoms with E-state index in [-0.39, 0.29) is 11.7 Å². The van der Waals surface area contributed by atoms with Gasteiger partial charge in [-0.15, -0.1) is 11.3 Å². The maximum absolute atomic E-state index is 12.7. The van der Waals surface area contributed by atoms with Crippen molar-refractivity contribution in [1.82, 2.24) is 0 Å². The van der Waals surface area contributed by atoms with Crippen LogP contribution in [-0.2, 0) is 4.79 Å². The lowest BCUT2D eigenvalue weighted by Crippen LogP contribution is -2.18. The molecule has 0 spiro atoms. The van der Waals surface area contributed by atoms with Gasteiger partial charge in [0.1, 0.15) is 5.75 Å². The fourth-order valence-corrected chi connectivity index (χ4v) is 3.48. The van der Waals surface area contributed by atoms with Crippen molar-refractivity contribution in [2.75, 3.05) is 5.32 Å². The van der Waals surface area contributed by atoms with E-state index in [1.54, 1.807) is 35.6 Å². The highest BCUT2D eigenvalue weighted by molar-refractivity contribution is 7.12. The third-order valence-corrected chi connectivity index (χ3v) is 4.79. The van der Waals surface area contributed by atoms with Gasteiger partial charge in [-0.05, 0) is 35.2 Å². The van der Waals surface area contributed by atoms with Crippen LogP contribution in [0.5, 0.6) is 5.75 Å². The third-order valence-electron chi connectivity index (χ3n) is 3.91. The second kappa shape index (κ2) is 5.94. The van der Waals surface area contributed by atoms with E-state index < -0.39 is 6.04 Å². The minimum absolute atomic E-state index is 0.165. The minimum Gasteiger partial charge on any atom is -0.508 e. The van der Waals surface area contributed by atoms with Gasteiger partial charge in [0, 0.05) is 5.56 Å². The van der Waals surface area contributed by atoms with Gasteiger partial charge in [0.15, 0.2) is 6.04 Å². The molecule has 1 aromatic heterocycles. The van der Waals surface area contributed by atoms with Crippen molar-refractivity contribution in [2.24, 2.45) is 4.99 Å². The van der Waals surface area contributed by atoms with Crippen LogP contribution in [0.4, 0.5) is 5.69 Å². The summed E-state index contributed by atoms with van der Waals surface area (Å²) in [6.45, 7) is 0. The topological polar surface area (TPSA) is 61.7 Å². The molecule has 1 aliphatic rings. The van der Waals surface area contributed by atoms with E-state index in [1.165, 1.54) is 0 Å². The smallest absolute Gasteiger partial charge is 0.253 e. The number of phenols is 1. The van der Waals surface area contributed by atoms with Gasteiger partial charge in [-0.25, -0.2) is 0 Å². The highest BCUT2D eigenvalue weighted by Gasteiger charge is 2.27. The second-order valence-electron chi connectivity index (χ2n) is 5.48. The van der Waals surface area contributed by atoms with Gasteiger partial charge in [0.2, 0.25) is 0 Å². The highest BCUT2D eigenvalue weighted by Crippen LogP contribution is 2.31. The Morgan fingerprint density at radius 1 is 1.00 bits per heavy atom. The molecule has 2 aromatic carbocycles. The molecule has 0 bridgehead atoms. The van der Waals surface area contributed by atoms with Crippen LogP contribution in [0.25, 0.3) is 0 Å². The molecule has 3 aromatic rings. The van der Waals surface area contributed by atoms with Gasteiger partial charge in [-0.1, -0.05) is 36.4 Å². The Morgan fingerprint density at radius 2 is 1.79 bits per heavy atom. The molecule has 0 saturated carbocycles. The average molecular weight is 334 g/mol. The number of rotatable bonds is 2. The van der Waals surface area contributed by atoms with E-state index in [0.717, 1.165) is 27.4 Å². The fraction of sp³-hybridized carbons (Fsp3) is 0.0526. The lowest BCUT2D eigenvalue weighted by atomic mass is 10.1. The lowest BCUT2D eigenvalue weighted by molar-refractivity contribution is -0.117. The number of amides is 1. The maximum atomic E-state index is 12.7. The van der Waals surface area contributed by atoms with Gasteiger partial charge in [-0.2, -0.15) is 0 Å². The standard InChI is InChI=1S/C19H14N2O2S/c22-13-9-7-12(8-10-13)17-19(23)20-15-5-2-1-4-14(15)18(21-17)16-6-3-11-24-16/h1-11,17,22H,(H,20,23). The molecular formula is C19H14N2O2S. The van der Waals surface area contributed by atoms with Crippen LogP contribution in [0.3, 0.4) is 0 Å². The van der Waals surface area contributed by atoms with Crippen LogP contribution in [0.2, 0.25) is 0 Å². The molecule has 0 aliphatic carbocycles. The predicted octanol–water partition coefficient (Wildman–Crippen LogP) is 3.98. The van der Waals surface area contributed by atoms with E-state index in [1.807, 2.05) is 41.8 Å². The molecular weight excluding hydrogens is 320 g/mol. The van der Waals surface area contributed by atoms with Crippen molar-refractivity contribution in [3.05, 3.63) is 82.0 Å². The third kappa shape index (κ3) is 2.59. The van der Waals surface area contributed by atoms with E-state index in [2.05, 4.69) is 5.32 Å². The predicted molar refractivity (Wildman–Crippen MR) is 95.9 cm³/mol. The molecule has 1 atom stereocenters. The number of benzodiazepines with no additional fused rings is 1. The van der Waals surface area contributed by atoms with Gasteiger partial charge in [-0.3, -0.25) is 9.79 Å². The maximum Gasteiger partial charge on any atom is 0.253 e. The van der Waals surface area contributed by atoms with Crippen molar-refractivity contribution >= 4 is 28.6 Å². The van der Waals surface area contributed by atoms with Gasteiger partial charge < -0.3 is 10.4 Å². The molecule has 0 radical (unpaired) electrons. The summed E-state index contributed by atoms with van der Waals surface area (Å²) in [6, 6.07) is 17.6. The van der Waals surface area contributed by atoms with E-state index in [4.69, 9.17) is 4.99 Å². The zero-order valence-electron chi connectivity index (χ0n) is 12.6. The van der Waals surface area contributed by atoms with Crippen LogP contribution in [0.15, 0.2) is 71.0 Å². The average Bonchev–Trinajstić information content (AvgIpc) is 3.07. The zero-order chi connectivity index (χ0) is 16.5. The molecule has 1 aliphatic heterocycles. The van der Waals surface area contributed by atoms with E-state index in [0.29, 0.717) is 0 Å². The lowest BCUT2D eigenvalue weighted by Gasteiger charge is -2.11. The molecule has 1 amide bonds. The molecule has 4 rings (SSSR count). The molecule has 2 heterocycles. The van der Waals surface area contributed by atoms with E-state index in [9.17, 15) is 9.90 Å². The number of nitrogens with one attached hydrogen (secondary N) is 1. The normalized spacial score (nSPS) is 16.8. The first-order chi connectivity index (χ1) is 11.7. The summed E-state index contributed by atoms with van der Waals surface area (Å²) >= 11 is 1.59. The summed E-state index contributed by atoms with van der Waals surface area (Å²) in [4.78, 5) is 18.5. The first-order valence-corrected chi connectivity index (χ1v) is 8.41. The Kier molecular flexibility index (Phi) is 3.63. The summed E-state index contributed by atoms with van der Waals surface area (Å²) in [5.41, 5.74) is 3.22. The Hall–Kier alpha value is -2.92. The number of hydrogen-bond donors (Lipinski definition) is 2. The minimum atomic E-state index is -0.657. The number of thiophene rings is 1. The second-order valence-corrected chi connectivity index (χ2v) is 6.43. The number of aromatic hydroxyl groups is 1. The molecule has 4 nitrogen and oxygen atoms in total. The number of phenolic OH excluding ortho intramolecular Hbond substituents is 1. The summed E-state index contributed by atoms with van der Waals surface area (Å²) in [7, 11) is 0. The van der Waals surface area contributed by atoms with Crippen LogP contribution in [0.1, 0.15) is 22.0 Å². The molecule has 1 unspecified atom stereocenters. The number of carbonyl (C=O) groups is 1. The number of anilines is 1. The summed E-state index contributed by atoms with van der Waals surface area (Å²) in [5, 5.41) is 14.4. The summed E-state index contributed by atoms with van der Waals surface area (Å²) in [6.07, 6.45) is 0. The van der Waals surface area contributed by atoms with Crippen molar-refractivity contribution in [2.45, 2.75) is 6.04 Å². The number of aliphatic imine (C=N–C) groups is 1. The van der Waals surface area contributed by atoms with Crippen molar-refractivity contribution < 1.29 is 9.90 Å². The summed E-state index contributed by atoms with van der Waals surface area (Å²) in [5.74, 6) is -0.0155. The van der Waals surface area contributed by atoms with Crippen LogP contribution < -0.4 is 5.32 Å². The number of nitrogens with zero attached hydrogens (tertiary/aromatic N) is 1. The SMILES string of the molecule is O=C1Nc2ccccc2C(c2cccs2)=NC1c1ccc(O)cc1. The van der Waals surface area contributed by atoms with Crippen LogP contribution in [-0.4, -0.2) is 16.7 Å². The molecule has 2 N–H and O–H groups in total. The molecule has 0 fully saturated rings. The Labute approximate surface area is 143 Å². The van der Waals surface area contributed by atoms with Gasteiger partial charge in [0.05, 0.1) is 16.3 Å². The number of hydrogen-bond acceptors (Lipinski definition) is 4. The molecule has 5 heteroatoms. The van der Waals surface area contributed by atoms with Crippen molar-refractivity contribution in [3.8, 4) is 5.75 Å². The first kappa shape index (κ1) is 14.7. The largest absolute Gasteiger partial charge is 0.508 e. The fourth-order valence-electron chi connectivity index (χ4n) is 2.75. The quantitative estimate of drug-likeness (QED) is 0.744. The van der Waals surface area contributed by atoms with Crippen LogP contribution in [0, 0.1) is 0 Å². The Balaban J connectivity index is 1.89. The molecule has 24 heavy (non-hydrogen) atoms. The Bertz CT molecular complexity index is 915.